The van der Waals surface area contributed by atoms with Crippen LogP contribution in [-0.2, 0) is 17.0 Å². The van der Waals surface area contributed by atoms with E-state index in [4.69, 9.17) is 10.5 Å². The van der Waals surface area contributed by atoms with Crippen LogP contribution in [0.5, 0.6) is 0 Å². The Labute approximate surface area is 152 Å². The first-order valence-electron chi connectivity index (χ1n) is 8.79. The van der Waals surface area contributed by atoms with Gasteiger partial charge < -0.3 is 15.0 Å². The highest BCUT2D eigenvalue weighted by atomic mass is 19.1. The Balaban J connectivity index is 0.000000195. The molecule has 2 aromatic rings. The average molecular weight is 360 g/mol. The summed E-state index contributed by atoms with van der Waals surface area (Å²) in [7, 11) is 0. The van der Waals surface area contributed by atoms with Gasteiger partial charge in [-0.25, -0.2) is 4.39 Å². The predicted molar refractivity (Wildman–Crippen MR) is 98.8 cm³/mol. The van der Waals surface area contributed by atoms with E-state index >= 15 is 0 Å². The molecule has 26 heavy (non-hydrogen) atoms. The second-order valence-electron chi connectivity index (χ2n) is 6.20. The highest BCUT2D eigenvalue weighted by Gasteiger charge is 2.38. The zero-order valence-electron chi connectivity index (χ0n) is 15.0. The second-order valence-corrected chi connectivity index (χ2v) is 6.20. The molecular weight excluding hydrogens is 335 g/mol. The first-order valence-corrected chi connectivity index (χ1v) is 8.79. The van der Waals surface area contributed by atoms with Crippen LogP contribution in [0.3, 0.4) is 0 Å². The van der Waals surface area contributed by atoms with E-state index in [0.717, 1.165) is 12.0 Å². The van der Waals surface area contributed by atoms with Crippen molar-refractivity contribution in [3.05, 3.63) is 70.1 Å². The number of rotatable bonds is 6. The number of alkyl halides is 1. The van der Waals surface area contributed by atoms with Gasteiger partial charge in [-0.2, -0.15) is 0 Å². The van der Waals surface area contributed by atoms with Crippen molar-refractivity contribution in [3.63, 3.8) is 0 Å². The molecule has 3 rings (SSSR count). The number of carbonyl (C=O) groups excluding carboxylic acids is 1. The van der Waals surface area contributed by atoms with Crippen molar-refractivity contribution >= 4 is 5.91 Å². The number of primary amides is 1. The molecule has 1 heterocycles. The molecule has 0 radical (unpaired) electrons. The van der Waals surface area contributed by atoms with Crippen LogP contribution in [0.1, 0.15) is 42.1 Å². The fourth-order valence-electron chi connectivity index (χ4n) is 2.67. The highest BCUT2D eigenvalue weighted by molar-refractivity contribution is 5.92. The molecule has 1 fully saturated rings. The van der Waals surface area contributed by atoms with Gasteiger partial charge in [0.25, 0.3) is 5.56 Å². The zero-order chi connectivity index (χ0) is 19.0. The molecule has 1 aliphatic carbocycles. The number of pyridine rings is 1. The van der Waals surface area contributed by atoms with Crippen molar-refractivity contribution in [1.82, 2.24) is 4.57 Å². The SMILES string of the molecule is CCOCCn1cc(C(N)=O)ccc1=O.FC1(c2ccccc2)CCC1. The van der Waals surface area contributed by atoms with Crippen molar-refractivity contribution in [1.29, 1.82) is 0 Å². The number of hydrogen-bond acceptors (Lipinski definition) is 3. The number of hydrogen-bond donors (Lipinski definition) is 1. The van der Waals surface area contributed by atoms with Crippen LogP contribution in [0.2, 0.25) is 0 Å². The smallest absolute Gasteiger partial charge is 0.250 e. The van der Waals surface area contributed by atoms with Crippen molar-refractivity contribution in [2.75, 3.05) is 13.2 Å². The fraction of sp³-hybridized carbons (Fsp3) is 0.400. The van der Waals surface area contributed by atoms with Crippen molar-refractivity contribution < 1.29 is 13.9 Å². The van der Waals surface area contributed by atoms with E-state index in [1.165, 1.54) is 22.9 Å². The summed E-state index contributed by atoms with van der Waals surface area (Å²) in [4.78, 5) is 22.2. The van der Waals surface area contributed by atoms with Gasteiger partial charge in [0.05, 0.1) is 12.2 Å². The minimum Gasteiger partial charge on any atom is -0.380 e. The summed E-state index contributed by atoms with van der Waals surface area (Å²) in [6.07, 6.45) is 3.89. The summed E-state index contributed by atoms with van der Waals surface area (Å²) in [6.45, 7) is 3.35. The largest absolute Gasteiger partial charge is 0.380 e. The molecule has 1 amide bonds. The van der Waals surface area contributed by atoms with E-state index in [-0.39, 0.29) is 5.56 Å². The molecule has 0 aliphatic heterocycles. The third-order valence-electron chi connectivity index (χ3n) is 4.39. The monoisotopic (exact) mass is 360 g/mol. The van der Waals surface area contributed by atoms with Gasteiger partial charge in [0.2, 0.25) is 5.91 Å². The van der Waals surface area contributed by atoms with E-state index < -0.39 is 11.6 Å². The van der Waals surface area contributed by atoms with Gasteiger partial charge in [-0.3, -0.25) is 9.59 Å². The van der Waals surface area contributed by atoms with Gasteiger partial charge >= 0.3 is 0 Å². The van der Waals surface area contributed by atoms with Crippen LogP contribution in [-0.4, -0.2) is 23.7 Å². The first kappa shape index (κ1) is 19.8. The standard InChI is InChI=1S/C10H11F.C10H14N2O3/c11-10(7-4-8-10)9-5-2-1-3-6-9;1-2-15-6-5-12-7-8(10(11)14)3-4-9(12)13/h1-3,5-6H,4,7-8H2;3-4,7H,2,5-6H2,1H3,(H2,11,14). The molecular formula is C20H25FN2O3. The fourth-order valence-corrected chi connectivity index (χ4v) is 2.67. The summed E-state index contributed by atoms with van der Waals surface area (Å²) in [6, 6.07) is 12.2. The first-order chi connectivity index (χ1) is 12.5. The Morgan fingerprint density at radius 3 is 2.46 bits per heavy atom. The summed E-state index contributed by atoms with van der Waals surface area (Å²) in [5, 5.41) is 0. The van der Waals surface area contributed by atoms with Crippen LogP contribution in [0.4, 0.5) is 4.39 Å². The van der Waals surface area contributed by atoms with Crippen LogP contribution in [0, 0.1) is 0 Å². The number of nitrogens with two attached hydrogens (primary N) is 1. The molecule has 5 nitrogen and oxygen atoms in total. The molecule has 0 saturated heterocycles. The summed E-state index contributed by atoms with van der Waals surface area (Å²) < 4.78 is 20.2. The molecule has 0 atom stereocenters. The van der Waals surface area contributed by atoms with Crippen LogP contribution < -0.4 is 11.3 Å². The molecule has 6 heteroatoms. The van der Waals surface area contributed by atoms with E-state index in [1.54, 1.807) is 0 Å². The Morgan fingerprint density at radius 2 is 1.92 bits per heavy atom. The van der Waals surface area contributed by atoms with Gasteiger partial charge in [0.15, 0.2) is 0 Å². The third kappa shape index (κ3) is 5.26. The summed E-state index contributed by atoms with van der Waals surface area (Å²) >= 11 is 0. The highest BCUT2D eigenvalue weighted by Crippen LogP contribution is 2.44. The van der Waals surface area contributed by atoms with Crippen molar-refractivity contribution in [3.8, 4) is 0 Å². The van der Waals surface area contributed by atoms with Gasteiger partial charge in [0.1, 0.15) is 5.67 Å². The molecule has 2 N–H and O–H groups in total. The topological polar surface area (TPSA) is 74.3 Å². The number of amides is 1. The Hall–Kier alpha value is -2.47. The number of nitrogens with zero attached hydrogens (tertiary/aromatic N) is 1. The lowest BCUT2D eigenvalue weighted by atomic mass is 9.77. The molecule has 1 aromatic carbocycles. The quantitative estimate of drug-likeness (QED) is 0.805. The molecule has 140 valence electrons. The number of benzene rings is 1. The van der Waals surface area contributed by atoms with E-state index in [2.05, 4.69) is 0 Å². The summed E-state index contributed by atoms with van der Waals surface area (Å²) in [5.74, 6) is -0.542. The molecule has 1 saturated carbocycles. The normalized spacial score (nSPS) is 14.7. The zero-order valence-corrected chi connectivity index (χ0v) is 15.0. The molecule has 0 unspecified atom stereocenters. The number of ether oxygens (including phenoxy) is 1. The number of aromatic nitrogens is 1. The lowest BCUT2D eigenvalue weighted by Crippen LogP contribution is -2.28. The van der Waals surface area contributed by atoms with Gasteiger partial charge in [-0.1, -0.05) is 30.3 Å². The molecule has 1 aromatic heterocycles. The van der Waals surface area contributed by atoms with Crippen LogP contribution in [0.15, 0.2) is 53.5 Å². The third-order valence-corrected chi connectivity index (χ3v) is 4.39. The molecule has 1 aliphatic rings. The van der Waals surface area contributed by atoms with Gasteiger partial charge in [-0.05, 0) is 37.8 Å². The Kier molecular flexibility index (Phi) is 7.09. The maximum absolute atomic E-state index is 13.6. The Morgan fingerprint density at radius 1 is 1.23 bits per heavy atom. The maximum Gasteiger partial charge on any atom is 0.250 e. The molecule has 0 spiro atoms. The molecule has 0 bridgehead atoms. The van der Waals surface area contributed by atoms with Gasteiger partial charge in [0, 0.05) is 25.4 Å². The van der Waals surface area contributed by atoms with Crippen molar-refractivity contribution in [2.24, 2.45) is 5.73 Å². The summed E-state index contributed by atoms with van der Waals surface area (Å²) in [5.41, 5.74) is 5.13. The van der Waals surface area contributed by atoms with E-state index in [9.17, 15) is 14.0 Å². The van der Waals surface area contributed by atoms with E-state index in [1.807, 2.05) is 37.3 Å². The minimum absolute atomic E-state index is 0.167. The number of carbonyl (C=O) groups is 1. The van der Waals surface area contributed by atoms with E-state index in [0.29, 0.717) is 38.2 Å². The average Bonchev–Trinajstić information content (AvgIpc) is 2.62. The Bertz CT molecular complexity index is 770. The van der Waals surface area contributed by atoms with Crippen molar-refractivity contribution in [2.45, 2.75) is 38.4 Å². The van der Waals surface area contributed by atoms with Gasteiger partial charge in [-0.15, -0.1) is 0 Å². The van der Waals surface area contributed by atoms with Crippen LogP contribution in [0.25, 0.3) is 0 Å². The maximum atomic E-state index is 13.6. The lowest BCUT2D eigenvalue weighted by Gasteiger charge is -2.34. The van der Waals surface area contributed by atoms with Crippen LogP contribution >= 0.6 is 0 Å². The second kappa shape index (κ2) is 9.29. The minimum atomic E-state index is -0.985. The number of halogens is 1. The predicted octanol–water partition coefficient (Wildman–Crippen LogP) is 3.02. The lowest BCUT2D eigenvalue weighted by molar-refractivity contribution is 0.0609.